The number of hydrogen-bond donors (Lipinski definition) is 1. The Balaban J connectivity index is 1.54. The summed E-state index contributed by atoms with van der Waals surface area (Å²) < 4.78 is 12.0. The Morgan fingerprint density at radius 2 is 1.85 bits per heavy atom. The second-order valence-electron chi connectivity index (χ2n) is 8.31. The van der Waals surface area contributed by atoms with Crippen LogP contribution in [0.5, 0.6) is 0 Å². The molecule has 6 nitrogen and oxygen atoms in total. The van der Waals surface area contributed by atoms with Crippen LogP contribution in [0, 0.1) is 38.9 Å². The van der Waals surface area contributed by atoms with E-state index in [1.807, 2.05) is 13.0 Å². The average Bonchev–Trinajstić information content (AvgIpc) is 2.87. The van der Waals surface area contributed by atoms with Gasteiger partial charge in [-0.3, -0.25) is 0 Å². The Morgan fingerprint density at radius 1 is 1.15 bits per heavy atom. The molecule has 0 radical (unpaired) electrons. The fourth-order valence-electron chi connectivity index (χ4n) is 6.25. The SMILES string of the molecule is C[C@@H]1CO[C@]2(N=C(N)[C@@]3(C#N)C4(CCC(c5ccccc5)CC4)[C@@]23C#N)O1. The van der Waals surface area contributed by atoms with Gasteiger partial charge in [-0.2, -0.15) is 10.5 Å². The van der Waals surface area contributed by atoms with E-state index in [1.54, 1.807) is 0 Å². The van der Waals surface area contributed by atoms with Crippen LogP contribution in [-0.4, -0.2) is 24.5 Å². The van der Waals surface area contributed by atoms with E-state index in [4.69, 9.17) is 15.2 Å². The van der Waals surface area contributed by atoms with Crippen molar-refractivity contribution < 1.29 is 9.47 Å². The van der Waals surface area contributed by atoms with Crippen molar-refractivity contribution in [3.8, 4) is 12.1 Å². The van der Waals surface area contributed by atoms with Crippen molar-refractivity contribution in [2.24, 2.45) is 27.0 Å². The lowest BCUT2D eigenvalue weighted by Crippen LogP contribution is -2.42. The van der Waals surface area contributed by atoms with Crippen LogP contribution in [0.4, 0.5) is 0 Å². The molecule has 0 aromatic heterocycles. The first-order chi connectivity index (χ1) is 13.0. The van der Waals surface area contributed by atoms with Crippen LogP contribution in [0.15, 0.2) is 35.3 Å². The fourth-order valence-corrected chi connectivity index (χ4v) is 6.25. The number of amidine groups is 1. The number of rotatable bonds is 1. The summed E-state index contributed by atoms with van der Waals surface area (Å²) in [6.45, 7) is 2.24. The summed E-state index contributed by atoms with van der Waals surface area (Å²) in [6.07, 6.45) is 3.13. The average molecular weight is 362 g/mol. The monoisotopic (exact) mass is 362 g/mol. The predicted molar refractivity (Wildman–Crippen MR) is 97.0 cm³/mol. The third-order valence-corrected chi connectivity index (χ3v) is 7.38. The van der Waals surface area contributed by atoms with Gasteiger partial charge in [-0.05, 0) is 44.1 Å². The van der Waals surface area contributed by atoms with E-state index in [-0.39, 0.29) is 11.9 Å². The molecule has 4 aliphatic rings. The molecule has 2 heterocycles. The Bertz CT molecular complexity index is 908. The summed E-state index contributed by atoms with van der Waals surface area (Å²) in [7, 11) is 0. The molecule has 0 amide bonds. The van der Waals surface area contributed by atoms with E-state index in [1.165, 1.54) is 5.56 Å². The van der Waals surface area contributed by atoms with Crippen LogP contribution < -0.4 is 5.73 Å². The van der Waals surface area contributed by atoms with Crippen LogP contribution in [0.2, 0.25) is 0 Å². The molecule has 0 unspecified atom stereocenters. The van der Waals surface area contributed by atoms with Gasteiger partial charge in [-0.15, -0.1) is 0 Å². The number of hydrogen-bond acceptors (Lipinski definition) is 6. The normalized spacial score (nSPS) is 47.3. The van der Waals surface area contributed by atoms with E-state index in [2.05, 4.69) is 41.4 Å². The topological polar surface area (TPSA) is 104 Å². The number of fused-ring (bicyclic) bond motifs is 4. The van der Waals surface area contributed by atoms with Gasteiger partial charge in [0.25, 0.3) is 5.91 Å². The van der Waals surface area contributed by atoms with E-state index < -0.39 is 22.2 Å². The number of ether oxygens (including phenoxy) is 2. The maximum atomic E-state index is 10.3. The maximum Gasteiger partial charge on any atom is 0.293 e. The lowest BCUT2D eigenvalue weighted by molar-refractivity contribution is -0.202. The molecule has 1 saturated heterocycles. The summed E-state index contributed by atoms with van der Waals surface area (Å²) in [6, 6.07) is 15.3. The summed E-state index contributed by atoms with van der Waals surface area (Å²) in [5.41, 5.74) is 4.79. The summed E-state index contributed by atoms with van der Waals surface area (Å²) in [5, 5.41) is 20.5. The van der Waals surface area contributed by atoms with Gasteiger partial charge in [-0.25, -0.2) is 4.99 Å². The van der Waals surface area contributed by atoms with Crippen LogP contribution in [-0.2, 0) is 9.47 Å². The van der Waals surface area contributed by atoms with Gasteiger partial charge in [0.15, 0.2) is 5.41 Å². The molecule has 27 heavy (non-hydrogen) atoms. The highest BCUT2D eigenvalue weighted by molar-refractivity contribution is 6.00. The molecule has 2 spiro atoms. The molecule has 0 bridgehead atoms. The highest BCUT2D eigenvalue weighted by atomic mass is 16.8. The van der Waals surface area contributed by atoms with Crippen molar-refractivity contribution in [2.75, 3.05) is 6.61 Å². The van der Waals surface area contributed by atoms with Crippen molar-refractivity contribution in [3.05, 3.63) is 35.9 Å². The van der Waals surface area contributed by atoms with Gasteiger partial charge < -0.3 is 15.2 Å². The molecule has 6 heteroatoms. The first kappa shape index (κ1) is 16.7. The van der Waals surface area contributed by atoms with E-state index in [0.717, 1.165) is 25.7 Å². The molecular formula is C21H22N4O2. The highest BCUT2D eigenvalue weighted by Crippen LogP contribution is 2.89. The van der Waals surface area contributed by atoms with Gasteiger partial charge in [0.1, 0.15) is 11.3 Å². The summed E-state index contributed by atoms with van der Waals surface area (Å²) in [5.74, 6) is -0.789. The highest BCUT2D eigenvalue weighted by Gasteiger charge is 3.00. The number of nitriles is 2. The summed E-state index contributed by atoms with van der Waals surface area (Å²) in [4.78, 5) is 4.42. The van der Waals surface area contributed by atoms with E-state index in [9.17, 15) is 10.5 Å². The second-order valence-corrected chi connectivity index (χ2v) is 8.31. The number of benzene rings is 1. The number of aliphatic imine (C=N–C) groups is 1. The standard InChI is InChI=1S/C21H22N4O2/c1-14-11-26-21(27-14)20(13-23)18(19(20,12-22)17(24)25-21)9-7-16(8-10-18)15-5-3-2-4-6-15/h2-6,14,16H,7-11H2,1H3,(H2,24,25)/t14-,16?,18?,19+,20-,21+/m1/s1. The Morgan fingerprint density at radius 3 is 2.41 bits per heavy atom. The molecule has 5 rings (SSSR count). The molecule has 2 N–H and O–H groups in total. The number of nitrogens with zero attached hydrogens (tertiary/aromatic N) is 3. The van der Waals surface area contributed by atoms with E-state index >= 15 is 0 Å². The van der Waals surface area contributed by atoms with E-state index in [0.29, 0.717) is 12.5 Å². The smallest absolute Gasteiger partial charge is 0.293 e. The van der Waals surface area contributed by atoms with Gasteiger partial charge in [0.2, 0.25) is 0 Å². The molecule has 2 aliphatic carbocycles. The zero-order valence-electron chi connectivity index (χ0n) is 15.3. The lowest BCUT2D eigenvalue weighted by Gasteiger charge is -2.36. The molecule has 2 saturated carbocycles. The summed E-state index contributed by atoms with van der Waals surface area (Å²) >= 11 is 0. The number of nitrogens with two attached hydrogens (primary N) is 1. The molecule has 3 fully saturated rings. The molecule has 138 valence electrons. The Labute approximate surface area is 158 Å². The van der Waals surface area contributed by atoms with Crippen LogP contribution in [0.25, 0.3) is 0 Å². The van der Waals surface area contributed by atoms with Crippen molar-refractivity contribution >= 4 is 5.84 Å². The van der Waals surface area contributed by atoms with Gasteiger partial charge in [0.05, 0.1) is 24.8 Å². The van der Waals surface area contributed by atoms with Gasteiger partial charge in [0, 0.05) is 5.41 Å². The second kappa shape index (κ2) is 5.10. The Kier molecular flexibility index (Phi) is 3.16. The fraction of sp³-hybridized carbons (Fsp3) is 0.571. The minimum Gasteiger partial charge on any atom is -0.386 e. The minimum atomic E-state index is -1.43. The van der Waals surface area contributed by atoms with Crippen LogP contribution in [0.3, 0.4) is 0 Å². The lowest BCUT2D eigenvalue weighted by atomic mass is 9.71. The molecular weight excluding hydrogens is 340 g/mol. The van der Waals surface area contributed by atoms with Crippen LogP contribution in [0.1, 0.15) is 44.1 Å². The predicted octanol–water partition coefficient (Wildman–Crippen LogP) is 2.82. The third-order valence-electron chi connectivity index (χ3n) is 7.38. The first-order valence-corrected chi connectivity index (χ1v) is 9.57. The molecule has 1 aromatic rings. The quantitative estimate of drug-likeness (QED) is 0.827. The zero-order valence-corrected chi connectivity index (χ0v) is 15.3. The third kappa shape index (κ3) is 1.57. The maximum absolute atomic E-state index is 10.3. The molecule has 4 atom stereocenters. The largest absolute Gasteiger partial charge is 0.386 e. The van der Waals surface area contributed by atoms with Crippen molar-refractivity contribution in [3.63, 3.8) is 0 Å². The zero-order chi connectivity index (χ0) is 18.9. The van der Waals surface area contributed by atoms with Gasteiger partial charge in [-0.1, -0.05) is 30.3 Å². The van der Waals surface area contributed by atoms with Crippen molar-refractivity contribution in [2.45, 2.75) is 50.5 Å². The van der Waals surface area contributed by atoms with Crippen molar-refractivity contribution in [1.82, 2.24) is 0 Å². The minimum absolute atomic E-state index is 0.181. The molecule has 2 aliphatic heterocycles. The van der Waals surface area contributed by atoms with Gasteiger partial charge >= 0.3 is 0 Å². The Hall–Kier alpha value is -2.41. The molecule has 1 aromatic carbocycles. The van der Waals surface area contributed by atoms with Crippen molar-refractivity contribution in [1.29, 1.82) is 10.5 Å². The first-order valence-electron chi connectivity index (χ1n) is 9.57. The van der Waals surface area contributed by atoms with Crippen LogP contribution >= 0.6 is 0 Å².